The Labute approximate surface area is 146 Å². The van der Waals surface area contributed by atoms with Crippen molar-refractivity contribution in [3.63, 3.8) is 0 Å². The van der Waals surface area contributed by atoms with Crippen molar-refractivity contribution in [2.75, 3.05) is 7.11 Å². The molecule has 132 valence electrons. The van der Waals surface area contributed by atoms with E-state index < -0.39 is 17.8 Å². The zero-order valence-corrected chi connectivity index (χ0v) is 14.5. The first kappa shape index (κ1) is 17.2. The van der Waals surface area contributed by atoms with E-state index in [4.69, 9.17) is 4.74 Å². The van der Waals surface area contributed by atoms with Crippen LogP contribution in [0.4, 0.5) is 4.79 Å². The molecule has 1 aromatic carbocycles. The van der Waals surface area contributed by atoms with Crippen molar-refractivity contribution >= 4 is 23.9 Å². The Balaban J connectivity index is 1.91. The number of aryl methyl sites for hydroxylation is 1. The normalized spacial score (nSPS) is 20.8. The molecule has 4 amide bonds. The third-order valence-corrected chi connectivity index (χ3v) is 4.80. The van der Waals surface area contributed by atoms with Crippen LogP contribution in [0.2, 0.25) is 0 Å². The lowest BCUT2D eigenvalue weighted by atomic mass is 9.93. The van der Waals surface area contributed by atoms with E-state index in [2.05, 4.69) is 5.32 Å². The maximum atomic E-state index is 12.8. The van der Waals surface area contributed by atoms with E-state index in [1.165, 1.54) is 11.0 Å². The largest absolute Gasteiger partial charge is 0.496 e. The molecule has 25 heavy (non-hydrogen) atoms. The van der Waals surface area contributed by atoms with Crippen LogP contribution >= 0.6 is 0 Å². The number of methoxy groups -OCH3 is 1. The molecule has 2 aliphatic rings. The average molecular weight is 342 g/mol. The Kier molecular flexibility index (Phi) is 4.88. The number of hydrogen-bond acceptors (Lipinski definition) is 4. The molecule has 2 fully saturated rings. The van der Waals surface area contributed by atoms with E-state index in [1.807, 2.05) is 13.0 Å². The molecule has 6 nitrogen and oxygen atoms in total. The molecular formula is C19H22N2O4. The number of benzene rings is 1. The van der Waals surface area contributed by atoms with Crippen LogP contribution < -0.4 is 10.1 Å². The molecule has 0 unspecified atom stereocenters. The molecule has 1 N–H and O–H groups in total. The summed E-state index contributed by atoms with van der Waals surface area (Å²) in [6, 6.07) is 4.67. The van der Waals surface area contributed by atoms with Crippen molar-refractivity contribution in [1.29, 1.82) is 0 Å². The topological polar surface area (TPSA) is 75.7 Å². The Hall–Kier alpha value is -2.63. The third-order valence-electron chi connectivity index (χ3n) is 4.80. The quantitative estimate of drug-likeness (QED) is 0.677. The first-order chi connectivity index (χ1) is 12.0. The number of nitrogens with one attached hydrogen (secondary N) is 1. The fourth-order valence-electron chi connectivity index (χ4n) is 3.50. The molecule has 3 rings (SSSR count). The van der Waals surface area contributed by atoms with Crippen molar-refractivity contribution in [2.24, 2.45) is 0 Å². The van der Waals surface area contributed by atoms with Gasteiger partial charge in [-0.2, -0.15) is 0 Å². The summed E-state index contributed by atoms with van der Waals surface area (Å²) in [6.07, 6.45) is 6.22. The summed E-state index contributed by atoms with van der Waals surface area (Å²) in [4.78, 5) is 38.4. The number of imide groups is 2. The molecule has 1 aliphatic heterocycles. The minimum Gasteiger partial charge on any atom is -0.496 e. The maximum absolute atomic E-state index is 12.8. The van der Waals surface area contributed by atoms with Crippen LogP contribution in [0.25, 0.3) is 6.08 Å². The predicted octanol–water partition coefficient (Wildman–Crippen LogP) is 2.80. The number of carbonyl (C=O) groups is 3. The standard InChI is InChI=1S/C19H22N2O4/c1-12-10-13(8-9-16(12)25-2)11-15-17(22)20-19(24)21(18(15)23)14-6-4-3-5-7-14/h8-11,14H,3-7H2,1-2H3,(H,20,22,24). The number of urea groups is 1. The fourth-order valence-corrected chi connectivity index (χ4v) is 3.50. The van der Waals surface area contributed by atoms with Gasteiger partial charge in [0.2, 0.25) is 0 Å². The second-order valence-corrected chi connectivity index (χ2v) is 6.51. The van der Waals surface area contributed by atoms with E-state index in [0.29, 0.717) is 0 Å². The Morgan fingerprint density at radius 1 is 1.16 bits per heavy atom. The first-order valence-electron chi connectivity index (χ1n) is 8.56. The van der Waals surface area contributed by atoms with Crippen LogP contribution in [0.15, 0.2) is 23.8 Å². The highest BCUT2D eigenvalue weighted by Gasteiger charge is 2.40. The molecule has 1 saturated carbocycles. The lowest BCUT2D eigenvalue weighted by Crippen LogP contribution is -2.58. The molecular weight excluding hydrogens is 320 g/mol. The Morgan fingerprint density at radius 2 is 1.88 bits per heavy atom. The number of barbiturate groups is 1. The van der Waals surface area contributed by atoms with Gasteiger partial charge in [0.05, 0.1) is 7.11 Å². The van der Waals surface area contributed by atoms with Crippen molar-refractivity contribution in [2.45, 2.75) is 45.1 Å². The number of ether oxygens (including phenoxy) is 1. The summed E-state index contributed by atoms with van der Waals surface area (Å²) < 4.78 is 5.22. The van der Waals surface area contributed by atoms with Crippen molar-refractivity contribution in [3.8, 4) is 5.75 Å². The van der Waals surface area contributed by atoms with Gasteiger partial charge in [0.15, 0.2) is 0 Å². The summed E-state index contributed by atoms with van der Waals surface area (Å²) in [5, 5.41) is 2.30. The van der Waals surface area contributed by atoms with Crippen LogP contribution in [0.5, 0.6) is 5.75 Å². The smallest absolute Gasteiger partial charge is 0.331 e. The number of carbonyl (C=O) groups excluding carboxylic acids is 3. The van der Waals surface area contributed by atoms with Crippen LogP contribution in [-0.4, -0.2) is 35.9 Å². The summed E-state index contributed by atoms with van der Waals surface area (Å²) in [7, 11) is 1.59. The zero-order chi connectivity index (χ0) is 18.0. The van der Waals surface area contributed by atoms with Crippen LogP contribution in [0.1, 0.15) is 43.2 Å². The Bertz CT molecular complexity index is 748. The van der Waals surface area contributed by atoms with Gasteiger partial charge in [-0.1, -0.05) is 25.3 Å². The summed E-state index contributed by atoms with van der Waals surface area (Å²) >= 11 is 0. The average Bonchev–Trinajstić information content (AvgIpc) is 2.59. The van der Waals surface area contributed by atoms with Gasteiger partial charge in [0, 0.05) is 6.04 Å². The number of rotatable bonds is 3. The molecule has 0 radical (unpaired) electrons. The van der Waals surface area contributed by atoms with Crippen molar-refractivity contribution in [3.05, 3.63) is 34.9 Å². The highest BCUT2D eigenvalue weighted by Crippen LogP contribution is 2.27. The van der Waals surface area contributed by atoms with Crippen LogP contribution in [-0.2, 0) is 9.59 Å². The highest BCUT2D eigenvalue weighted by atomic mass is 16.5. The van der Waals surface area contributed by atoms with Gasteiger partial charge in [0.25, 0.3) is 11.8 Å². The van der Waals surface area contributed by atoms with E-state index in [9.17, 15) is 14.4 Å². The van der Waals surface area contributed by atoms with Gasteiger partial charge >= 0.3 is 6.03 Å². The molecule has 0 aromatic heterocycles. The third kappa shape index (κ3) is 3.43. The number of nitrogens with zero attached hydrogens (tertiary/aromatic N) is 1. The molecule has 1 saturated heterocycles. The van der Waals surface area contributed by atoms with E-state index in [1.54, 1.807) is 19.2 Å². The molecule has 0 spiro atoms. The first-order valence-corrected chi connectivity index (χ1v) is 8.56. The fraction of sp³-hybridized carbons (Fsp3) is 0.421. The van der Waals surface area contributed by atoms with Crippen LogP contribution in [0, 0.1) is 6.92 Å². The SMILES string of the molecule is COc1ccc(C=C2C(=O)NC(=O)N(C3CCCCC3)C2=O)cc1C. The van der Waals surface area contributed by atoms with Crippen molar-refractivity contribution in [1.82, 2.24) is 10.2 Å². The molecule has 6 heteroatoms. The summed E-state index contributed by atoms with van der Waals surface area (Å²) in [6.45, 7) is 1.89. The van der Waals surface area contributed by atoms with Gasteiger partial charge in [0.1, 0.15) is 11.3 Å². The zero-order valence-electron chi connectivity index (χ0n) is 14.5. The lowest BCUT2D eigenvalue weighted by molar-refractivity contribution is -0.132. The minimum absolute atomic E-state index is 0.00487. The predicted molar refractivity (Wildman–Crippen MR) is 93.0 cm³/mol. The minimum atomic E-state index is -0.643. The van der Waals surface area contributed by atoms with Gasteiger partial charge in [-0.05, 0) is 49.1 Å². The van der Waals surface area contributed by atoms with E-state index in [-0.39, 0.29) is 11.6 Å². The molecule has 0 atom stereocenters. The van der Waals surface area contributed by atoms with Gasteiger partial charge in [-0.3, -0.25) is 19.8 Å². The van der Waals surface area contributed by atoms with Gasteiger partial charge < -0.3 is 4.74 Å². The lowest BCUT2D eigenvalue weighted by Gasteiger charge is -2.35. The number of hydrogen-bond donors (Lipinski definition) is 1. The summed E-state index contributed by atoms with van der Waals surface area (Å²) in [5.74, 6) is -0.412. The summed E-state index contributed by atoms with van der Waals surface area (Å²) in [5.41, 5.74) is 1.62. The second kappa shape index (κ2) is 7.09. The van der Waals surface area contributed by atoms with Crippen molar-refractivity contribution < 1.29 is 19.1 Å². The molecule has 1 heterocycles. The monoisotopic (exact) mass is 342 g/mol. The van der Waals surface area contributed by atoms with Crippen LogP contribution in [0.3, 0.4) is 0 Å². The molecule has 0 bridgehead atoms. The van der Waals surface area contributed by atoms with Gasteiger partial charge in [-0.15, -0.1) is 0 Å². The van der Waals surface area contributed by atoms with E-state index >= 15 is 0 Å². The maximum Gasteiger partial charge on any atom is 0.331 e. The van der Waals surface area contributed by atoms with Gasteiger partial charge in [-0.25, -0.2) is 4.79 Å². The Morgan fingerprint density at radius 3 is 2.52 bits per heavy atom. The molecule has 1 aromatic rings. The number of amides is 4. The highest BCUT2D eigenvalue weighted by molar-refractivity contribution is 6.31. The second-order valence-electron chi connectivity index (χ2n) is 6.51. The molecule has 1 aliphatic carbocycles. The van der Waals surface area contributed by atoms with E-state index in [0.717, 1.165) is 49.0 Å².